The summed E-state index contributed by atoms with van der Waals surface area (Å²) in [6.07, 6.45) is -5.39. The number of carbonyl (C=O) groups is 1. The van der Waals surface area contributed by atoms with Crippen LogP contribution in [0.15, 0.2) is 47.6 Å². The molecule has 210 valence electrons. The van der Waals surface area contributed by atoms with Crippen molar-refractivity contribution in [3.05, 3.63) is 48.2 Å². The SMILES string of the molecule is COc1ccccc1-c1cc(C(F)(F)F)nc(S(=O)(=O)CCCC(=O)Nc2cc(OC)c(OC)c(OC)c2)n1. The molecule has 10 nitrogen and oxygen atoms in total. The van der Waals surface area contributed by atoms with Crippen molar-refractivity contribution in [3.8, 4) is 34.3 Å². The van der Waals surface area contributed by atoms with Crippen LogP contribution in [0.4, 0.5) is 18.9 Å². The minimum atomic E-state index is -4.93. The van der Waals surface area contributed by atoms with Crippen LogP contribution in [0.2, 0.25) is 0 Å². The van der Waals surface area contributed by atoms with E-state index in [1.807, 2.05) is 0 Å². The molecule has 1 aromatic heterocycles. The third kappa shape index (κ3) is 7.07. The quantitative estimate of drug-likeness (QED) is 0.335. The predicted octanol–water partition coefficient (Wildman–Crippen LogP) is 4.39. The molecule has 14 heteroatoms. The average molecular weight is 570 g/mol. The molecule has 0 aliphatic carbocycles. The second-order valence-corrected chi connectivity index (χ2v) is 10.0. The Hall–Kier alpha value is -4.07. The summed E-state index contributed by atoms with van der Waals surface area (Å²) in [4.78, 5) is 19.6. The first-order chi connectivity index (χ1) is 18.4. The van der Waals surface area contributed by atoms with Crippen molar-refractivity contribution in [2.75, 3.05) is 39.5 Å². The first-order valence-corrected chi connectivity index (χ1v) is 13.0. The molecule has 0 bridgehead atoms. The maximum absolute atomic E-state index is 13.6. The topological polar surface area (TPSA) is 126 Å². The fourth-order valence-corrected chi connectivity index (χ4v) is 4.78. The van der Waals surface area contributed by atoms with E-state index in [1.165, 1.54) is 52.7 Å². The van der Waals surface area contributed by atoms with Gasteiger partial charge in [-0.1, -0.05) is 12.1 Å². The summed E-state index contributed by atoms with van der Waals surface area (Å²) in [6, 6.07) is 9.75. The highest BCUT2D eigenvalue weighted by Crippen LogP contribution is 2.40. The van der Waals surface area contributed by atoms with E-state index >= 15 is 0 Å². The first-order valence-electron chi connectivity index (χ1n) is 11.4. The van der Waals surface area contributed by atoms with Gasteiger partial charge in [0.05, 0.1) is 39.9 Å². The molecule has 0 atom stereocenters. The zero-order valence-corrected chi connectivity index (χ0v) is 22.3. The Kier molecular flexibility index (Phi) is 9.22. The third-order valence-electron chi connectivity index (χ3n) is 5.42. The summed E-state index contributed by atoms with van der Waals surface area (Å²) in [6.45, 7) is 0. The van der Waals surface area contributed by atoms with E-state index in [4.69, 9.17) is 18.9 Å². The normalized spacial score (nSPS) is 11.6. The maximum atomic E-state index is 13.6. The van der Waals surface area contributed by atoms with E-state index in [1.54, 1.807) is 12.1 Å². The van der Waals surface area contributed by atoms with Gasteiger partial charge in [0.25, 0.3) is 0 Å². The summed E-state index contributed by atoms with van der Waals surface area (Å²) in [5, 5.41) is 1.60. The smallest absolute Gasteiger partial charge is 0.433 e. The number of methoxy groups -OCH3 is 4. The molecule has 0 saturated carbocycles. The second kappa shape index (κ2) is 12.2. The fraction of sp³-hybridized carbons (Fsp3) is 0.320. The van der Waals surface area contributed by atoms with Gasteiger partial charge in [-0.15, -0.1) is 0 Å². The van der Waals surface area contributed by atoms with Crippen molar-refractivity contribution in [1.29, 1.82) is 0 Å². The summed E-state index contributed by atoms with van der Waals surface area (Å²) in [5.74, 6) is -0.0972. The number of anilines is 1. The Bertz CT molecular complexity index is 1420. The van der Waals surface area contributed by atoms with E-state index < -0.39 is 38.5 Å². The van der Waals surface area contributed by atoms with Gasteiger partial charge < -0.3 is 24.3 Å². The van der Waals surface area contributed by atoms with Crippen LogP contribution in [0.3, 0.4) is 0 Å². The highest BCUT2D eigenvalue weighted by atomic mass is 32.2. The molecular formula is C25H26F3N3O7S. The van der Waals surface area contributed by atoms with E-state index in [0.29, 0.717) is 29.0 Å². The molecule has 1 amide bonds. The molecule has 3 aromatic rings. The van der Waals surface area contributed by atoms with E-state index in [-0.39, 0.29) is 29.8 Å². The fourth-order valence-electron chi connectivity index (χ4n) is 3.59. The maximum Gasteiger partial charge on any atom is 0.433 e. The summed E-state index contributed by atoms with van der Waals surface area (Å²) >= 11 is 0. The van der Waals surface area contributed by atoms with Crippen molar-refractivity contribution < 1.29 is 45.3 Å². The highest BCUT2D eigenvalue weighted by molar-refractivity contribution is 7.91. The van der Waals surface area contributed by atoms with Gasteiger partial charge >= 0.3 is 6.18 Å². The molecule has 0 radical (unpaired) electrons. The lowest BCUT2D eigenvalue weighted by molar-refractivity contribution is -0.141. The molecule has 0 fully saturated rings. The number of rotatable bonds is 11. The van der Waals surface area contributed by atoms with Crippen molar-refractivity contribution >= 4 is 21.4 Å². The molecule has 0 aliphatic heterocycles. The Morgan fingerprint density at radius 3 is 2.08 bits per heavy atom. The van der Waals surface area contributed by atoms with E-state index in [0.717, 1.165) is 0 Å². The molecular weight excluding hydrogens is 543 g/mol. The molecule has 39 heavy (non-hydrogen) atoms. The second-order valence-electron chi connectivity index (χ2n) is 8.00. The summed E-state index contributed by atoms with van der Waals surface area (Å²) in [7, 11) is 1.17. The first kappa shape index (κ1) is 29.5. The van der Waals surface area contributed by atoms with Crippen molar-refractivity contribution in [2.24, 2.45) is 0 Å². The predicted molar refractivity (Wildman–Crippen MR) is 135 cm³/mol. The lowest BCUT2D eigenvalue weighted by Gasteiger charge is -2.14. The zero-order chi connectivity index (χ0) is 28.8. The van der Waals surface area contributed by atoms with Gasteiger partial charge in [0.15, 0.2) is 11.5 Å². The van der Waals surface area contributed by atoms with Crippen LogP contribution in [-0.4, -0.2) is 58.5 Å². The zero-order valence-electron chi connectivity index (χ0n) is 21.5. The number of benzene rings is 2. The number of aromatic nitrogens is 2. The lowest BCUT2D eigenvalue weighted by atomic mass is 10.1. The Morgan fingerprint density at radius 1 is 0.897 bits per heavy atom. The monoisotopic (exact) mass is 569 g/mol. The number of ether oxygens (including phenoxy) is 4. The number of nitrogens with one attached hydrogen (secondary N) is 1. The summed E-state index contributed by atoms with van der Waals surface area (Å²) < 4.78 is 87.4. The largest absolute Gasteiger partial charge is 0.496 e. The van der Waals surface area contributed by atoms with E-state index in [2.05, 4.69) is 15.3 Å². The molecule has 0 saturated heterocycles. The number of alkyl halides is 3. The lowest BCUT2D eigenvalue weighted by Crippen LogP contribution is -2.18. The number of nitrogens with zero attached hydrogens (tertiary/aromatic N) is 2. The van der Waals surface area contributed by atoms with Crippen LogP contribution >= 0.6 is 0 Å². The van der Waals surface area contributed by atoms with Gasteiger partial charge in [0.2, 0.25) is 26.7 Å². The van der Waals surface area contributed by atoms with Crippen LogP contribution in [0.5, 0.6) is 23.0 Å². The molecule has 1 heterocycles. The van der Waals surface area contributed by atoms with Crippen LogP contribution in [0, 0.1) is 0 Å². The Morgan fingerprint density at radius 2 is 1.51 bits per heavy atom. The van der Waals surface area contributed by atoms with Gasteiger partial charge in [-0.2, -0.15) is 13.2 Å². The number of para-hydroxylation sites is 1. The Labute approximate surface area is 223 Å². The van der Waals surface area contributed by atoms with E-state index in [9.17, 15) is 26.4 Å². The van der Waals surface area contributed by atoms with Crippen LogP contribution in [0.25, 0.3) is 11.3 Å². The van der Waals surface area contributed by atoms with Crippen molar-refractivity contribution in [3.63, 3.8) is 0 Å². The van der Waals surface area contributed by atoms with Gasteiger partial charge in [-0.25, -0.2) is 18.4 Å². The summed E-state index contributed by atoms with van der Waals surface area (Å²) in [5.41, 5.74) is -1.22. The van der Waals surface area contributed by atoms with Gasteiger partial charge in [-0.3, -0.25) is 4.79 Å². The molecule has 1 N–H and O–H groups in total. The third-order valence-corrected chi connectivity index (χ3v) is 6.99. The van der Waals surface area contributed by atoms with Gasteiger partial charge in [0.1, 0.15) is 11.4 Å². The molecule has 0 aliphatic rings. The van der Waals surface area contributed by atoms with Crippen molar-refractivity contribution in [1.82, 2.24) is 9.97 Å². The Balaban J connectivity index is 1.79. The number of hydrogen-bond donors (Lipinski definition) is 1. The number of hydrogen-bond acceptors (Lipinski definition) is 9. The van der Waals surface area contributed by atoms with Crippen LogP contribution in [0.1, 0.15) is 18.5 Å². The molecule has 3 rings (SSSR count). The molecule has 0 spiro atoms. The number of sulfone groups is 1. The highest BCUT2D eigenvalue weighted by Gasteiger charge is 2.35. The van der Waals surface area contributed by atoms with Gasteiger partial charge in [-0.05, 0) is 24.6 Å². The number of amides is 1. The number of carbonyl (C=O) groups excluding carboxylic acids is 1. The minimum absolute atomic E-state index is 0.161. The average Bonchev–Trinajstić information content (AvgIpc) is 2.91. The standard InChI is InChI=1S/C25H26F3N3O7S/c1-35-18-9-6-5-8-16(18)17-14-21(25(26,27)28)31-24(30-17)39(33,34)11-7-10-22(32)29-15-12-19(36-2)23(38-4)20(13-15)37-3/h5-6,8-9,12-14H,7,10-11H2,1-4H3,(H,29,32). The minimum Gasteiger partial charge on any atom is -0.496 e. The molecule has 2 aromatic carbocycles. The number of halogens is 3. The van der Waals surface area contributed by atoms with Crippen LogP contribution in [-0.2, 0) is 20.8 Å². The molecule has 0 unspecified atom stereocenters. The van der Waals surface area contributed by atoms with Gasteiger partial charge in [0, 0.05) is 29.8 Å². The van der Waals surface area contributed by atoms with Crippen molar-refractivity contribution in [2.45, 2.75) is 24.2 Å². The van der Waals surface area contributed by atoms with Crippen LogP contribution < -0.4 is 24.3 Å².